The first kappa shape index (κ1) is 21.3. The van der Waals surface area contributed by atoms with Crippen molar-refractivity contribution in [1.82, 2.24) is 9.55 Å². The molecule has 1 aromatic heterocycles. The lowest BCUT2D eigenvalue weighted by molar-refractivity contribution is 0.0745. The average molecular weight is 423 g/mol. The Morgan fingerprint density at radius 3 is 2.72 bits per heavy atom. The van der Waals surface area contributed by atoms with Crippen molar-refractivity contribution in [3.05, 3.63) is 62.9 Å². The fraction of sp³-hybridized carbons (Fsp3) is 0.500. The van der Waals surface area contributed by atoms with Gasteiger partial charge in [-0.2, -0.15) is 0 Å². The minimum absolute atomic E-state index is 0.0192. The fourth-order valence-electron chi connectivity index (χ4n) is 2.75. The molecule has 29 heavy (non-hydrogen) atoms. The van der Waals surface area contributed by atoms with Gasteiger partial charge in [0.2, 0.25) is 0 Å². The van der Waals surface area contributed by atoms with Gasteiger partial charge in [0.25, 0.3) is 5.56 Å². The molecule has 1 aromatic carbocycles. The lowest BCUT2D eigenvalue weighted by Gasteiger charge is -2.09. The highest BCUT2D eigenvalue weighted by Gasteiger charge is 2.21. The standard InChI is InChI=1S/C20H26N2O6S/c23-19-7-9-22(20(24)21-19)15-27-10-2-11-29(25,26)12-8-16-3-1-4-18(13-16)28-14-17-5-6-17/h1,3-4,7,9,13,17H,2,5-6,8,10-12,14-15H2,(H,21,23,24). The van der Waals surface area contributed by atoms with Gasteiger partial charge in [-0.15, -0.1) is 0 Å². The molecule has 2 aromatic rings. The van der Waals surface area contributed by atoms with Gasteiger partial charge >= 0.3 is 5.69 Å². The summed E-state index contributed by atoms with van der Waals surface area (Å²) in [4.78, 5) is 24.6. The van der Waals surface area contributed by atoms with E-state index >= 15 is 0 Å². The molecule has 1 N–H and O–H groups in total. The molecule has 0 unspecified atom stereocenters. The first-order valence-electron chi connectivity index (χ1n) is 9.71. The summed E-state index contributed by atoms with van der Waals surface area (Å²) in [5, 5.41) is 0. The molecule has 1 aliphatic carbocycles. The van der Waals surface area contributed by atoms with E-state index in [0.29, 0.717) is 18.8 Å². The number of hydrogen-bond donors (Lipinski definition) is 1. The van der Waals surface area contributed by atoms with Crippen molar-refractivity contribution >= 4 is 9.84 Å². The zero-order valence-electron chi connectivity index (χ0n) is 16.2. The normalized spacial score (nSPS) is 14.1. The predicted molar refractivity (Wildman–Crippen MR) is 109 cm³/mol. The molecule has 0 radical (unpaired) electrons. The third-order valence-corrected chi connectivity index (χ3v) is 6.39. The second-order valence-corrected chi connectivity index (χ2v) is 9.58. The van der Waals surface area contributed by atoms with Crippen LogP contribution in [0, 0.1) is 5.92 Å². The molecular formula is C20H26N2O6S. The summed E-state index contributed by atoms with van der Waals surface area (Å²) in [6, 6.07) is 8.82. The van der Waals surface area contributed by atoms with E-state index in [9.17, 15) is 18.0 Å². The Labute approximate surface area is 169 Å². The molecular weight excluding hydrogens is 396 g/mol. The molecule has 1 aliphatic rings. The summed E-state index contributed by atoms with van der Waals surface area (Å²) in [5.41, 5.74) is -0.0959. The third-order valence-electron chi connectivity index (χ3n) is 4.65. The maximum Gasteiger partial charge on any atom is 0.330 e. The Hall–Kier alpha value is -2.39. The van der Waals surface area contributed by atoms with Crippen molar-refractivity contribution in [2.75, 3.05) is 24.7 Å². The van der Waals surface area contributed by atoms with Crippen molar-refractivity contribution in [2.24, 2.45) is 5.92 Å². The van der Waals surface area contributed by atoms with Crippen molar-refractivity contribution in [2.45, 2.75) is 32.4 Å². The van der Waals surface area contributed by atoms with E-state index < -0.39 is 21.1 Å². The van der Waals surface area contributed by atoms with Crippen LogP contribution in [0.2, 0.25) is 0 Å². The number of ether oxygens (including phenoxy) is 2. The molecule has 0 amide bonds. The number of sulfone groups is 1. The highest BCUT2D eigenvalue weighted by atomic mass is 32.2. The Morgan fingerprint density at radius 1 is 1.14 bits per heavy atom. The molecule has 9 heteroatoms. The van der Waals surface area contributed by atoms with Crippen LogP contribution in [0.25, 0.3) is 0 Å². The number of hydrogen-bond acceptors (Lipinski definition) is 6. The van der Waals surface area contributed by atoms with Gasteiger partial charge in [0.15, 0.2) is 9.84 Å². The van der Waals surface area contributed by atoms with Crippen molar-refractivity contribution in [3.63, 3.8) is 0 Å². The minimum atomic E-state index is -3.20. The van der Waals surface area contributed by atoms with E-state index in [0.717, 1.165) is 17.9 Å². The van der Waals surface area contributed by atoms with Crippen molar-refractivity contribution < 1.29 is 17.9 Å². The van der Waals surface area contributed by atoms with Crippen molar-refractivity contribution in [3.8, 4) is 5.75 Å². The highest BCUT2D eigenvalue weighted by molar-refractivity contribution is 7.91. The Morgan fingerprint density at radius 2 is 1.97 bits per heavy atom. The maximum absolute atomic E-state index is 12.3. The number of benzene rings is 1. The van der Waals surface area contributed by atoms with Crippen LogP contribution >= 0.6 is 0 Å². The van der Waals surface area contributed by atoms with Crippen LogP contribution in [-0.4, -0.2) is 42.7 Å². The number of nitrogens with zero attached hydrogens (tertiary/aromatic N) is 1. The number of H-pyrrole nitrogens is 1. The quantitative estimate of drug-likeness (QED) is 0.518. The van der Waals surface area contributed by atoms with Gasteiger partial charge in [-0.25, -0.2) is 13.2 Å². The second-order valence-electron chi connectivity index (χ2n) is 7.27. The van der Waals surface area contributed by atoms with Crippen molar-refractivity contribution in [1.29, 1.82) is 0 Å². The lowest BCUT2D eigenvalue weighted by Crippen LogP contribution is -2.29. The van der Waals surface area contributed by atoms with Crippen LogP contribution in [0.3, 0.4) is 0 Å². The Kier molecular flexibility index (Phi) is 7.27. The van der Waals surface area contributed by atoms with Crippen LogP contribution in [0.15, 0.2) is 46.1 Å². The Bertz CT molecular complexity index is 1020. The number of aromatic nitrogens is 2. The summed E-state index contributed by atoms with van der Waals surface area (Å²) in [5.74, 6) is 1.55. The zero-order valence-corrected chi connectivity index (χ0v) is 17.0. The Balaban J connectivity index is 1.36. The molecule has 1 fully saturated rings. The zero-order chi connectivity index (χ0) is 20.7. The molecule has 0 atom stereocenters. The number of aryl methyl sites for hydroxylation is 1. The van der Waals surface area contributed by atoms with E-state index in [1.165, 1.54) is 29.7 Å². The van der Waals surface area contributed by atoms with Gasteiger partial charge in [-0.05, 0) is 49.3 Å². The van der Waals surface area contributed by atoms with Crippen LogP contribution < -0.4 is 16.0 Å². The summed E-state index contributed by atoms with van der Waals surface area (Å²) in [6.07, 6.45) is 4.56. The molecule has 1 saturated carbocycles. The largest absolute Gasteiger partial charge is 0.493 e. The molecule has 0 spiro atoms. The molecule has 158 valence electrons. The smallest absolute Gasteiger partial charge is 0.330 e. The fourth-order valence-corrected chi connectivity index (χ4v) is 4.06. The molecule has 8 nitrogen and oxygen atoms in total. The molecule has 3 rings (SSSR count). The van der Waals surface area contributed by atoms with Crippen LogP contribution in [0.1, 0.15) is 24.8 Å². The number of rotatable bonds is 12. The van der Waals surface area contributed by atoms with Crippen LogP contribution in [-0.2, 0) is 27.7 Å². The molecule has 0 bridgehead atoms. The van der Waals surface area contributed by atoms with E-state index in [2.05, 4.69) is 4.98 Å². The van der Waals surface area contributed by atoms with Gasteiger partial charge in [-0.1, -0.05) is 12.1 Å². The number of aromatic amines is 1. The van der Waals surface area contributed by atoms with Crippen LogP contribution in [0.5, 0.6) is 5.75 Å². The monoisotopic (exact) mass is 422 g/mol. The van der Waals surface area contributed by atoms with E-state index in [1.807, 2.05) is 24.3 Å². The first-order chi connectivity index (χ1) is 13.9. The van der Waals surface area contributed by atoms with E-state index in [1.54, 1.807) is 0 Å². The summed E-state index contributed by atoms with van der Waals surface area (Å²) in [7, 11) is -3.20. The topological polar surface area (TPSA) is 107 Å². The molecule has 1 heterocycles. The first-order valence-corrected chi connectivity index (χ1v) is 11.5. The van der Waals surface area contributed by atoms with Gasteiger partial charge < -0.3 is 9.47 Å². The minimum Gasteiger partial charge on any atom is -0.493 e. The third kappa shape index (κ3) is 7.51. The molecule has 0 saturated heterocycles. The maximum atomic E-state index is 12.3. The summed E-state index contributed by atoms with van der Waals surface area (Å²) >= 11 is 0. The number of nitrogens with one attached hydrogen (secondary N) is 1. The van der Waals surface area contributed by atoms with Gasteiger partial charge in [0, 0.05) is 18.9 Å². The van der Waals surface area contributed by atoms with Gasteiger partial charge in [-0.3, -0.25) is 14.3 Å². The second kappa shape index (κ2) is 9.89. The van der Waals surface area contributed by atoms with Gasteiger partial charge in [0.05, 0.1) is 18.1 Å². The predicted octanol–water partition coefficient (Wildman–Crippen LogP) is 1.35. The van der Waals surface area contributed by atoms with Crippen LogP contribution in [0.4, 0.5) is 0 Å². The van der Waals surface area contributed by atoms with E-state index in [-0.39, 0.29) is 24.8 Å². The molecule has 0 aliphatic heterocycles. The SMILES string of the molecule is O=c1ccn(COCCCS(=O)(=O)CCc2cccc(OCC3CC3)c2)c(=O)[nH]1. The summed E-state index contributed by atoms with van der Waals surface area (Å²) in [6.45, 7) is 0.894. The van der Waals surface area contributed by atoms with E-state index in [4.69, 9.17) is 9.47 Å². The van der Waals surface area contributed by atoms with Gasteiger partial charge in [0.1, 0.15) is 12.5 Å². The summed E-state index contributed by atoms with van der Waals surface area (Å²) < 4.78 is 36.8. The highest BCUT2D eigenvalue weighted by Crippen LogP contribution is 2.29. The average Bonchev–Trinajstić information content (AvgIpc) is 3.51. The lowest BCUT2D eigenvalue weighted by atomic mass is 10.2.